The highest BCUT2D eigenvalue weighted by molar-refractivity contribution is 5.80. The van der Waals surface area contributed by atoms with E-state index in [1.807, 2.05) is 6.08 Å². The van der Waals surface area contributed by atoms with Gasteiger partial charge in [0.15, 0.2) is 12.4 Å². The number of carbonyl (C=O) groups excluding carboxylic acids is 2. The first kappa shape index (κ1) is 75.6. The van der Waals surface area contributed by atoms with Crippen LogP contribution in [0.25, 0.3) is 0 Å². The molecule has 1 amide bonds. The first-order chi connectivity index (χ1) is 39.7. The SMILES string of the molecule is CCCCC/C=C\C/C=C\C/C=C\C/C=C\CCCCCCCCC(O)C(=O)NC(COC1OC(CO)C(O)C(O)C1OC(=O)CCCCCC/C=C\C/C=C\C/C=C\CCCCC)C(O)/C=C/CCCCCCCCCCCCC. The van der Waals surface area contributed by atoms with Crippen molar-refractivity contribution >= 4 is 11.9 Å². The zero-order valence-corrected chi connectivity index (χ0v) is 51.6. The number of hydrogen-bond acceptors (Lipinski definition) is 10. The van der Waals surface area contributed by atoms with Gasteiger partial charge in [-0.25, -0.2) is 0 Å². The molecule has 0 aromatic carbocycles. The molecule has 81 heavy (non-hydrogen) atoms. The van der Waals surface area contributed by atoms with Crippen LogP contribution in [-0.2, 0) is 23.8 Å². The highest BCUT2D eigenvalue weighted by Crippen LogP contribution is 2.26. The number of hydrogen-bond donors (Lipinski definition) is 6. The van der Waals surface area contributed by atoms with Crippen LogP contribution in [0.2, 0.25) is 0 Å². The minimum Gasteiger partial charge on any atom is -0.454 e. The van der Waals surface area contributed by atoms with Crippen LogP contribution in [0, 0.1) is 0 Å². The Kier molecular flexibility index (Phi) is 53.2. The van der Waals surface area contributed by atoms with Gasteiger partial charge in [0.2, 0.25) is 5.91 Å². The summed E-state index contributed by atoms with van der Waals surface area (Å²) in [6, 6.07) is -1.04. The first-order valence-corrected chi connectivity index (χ1v) is 33.0. The fraction of sp³-hybridized carbons (Fsp3) is 0.743. The van der Waals surface area contributed by atoms with E-state index in [1.54, 1.807) is 6.08 Å². The summed E-state index contributed by atoms with van der Waals surface area (Å²) in [6.07, 6.45) is 65.7. The van der Waals surface area contributed by atoms with Gasteiger partial charge < -0.3 is 45.1 Å². The van der Waals surface area contributed by atoms with Crippen LogP contribution >= 0.6 is 0 Å². The zero-order chi connectivity index (χ0) is 58.9. The monoisotopic (exact) mass is 1140 g/mol. The largest absolute Gasteiger partial charge is 0.454 e. The molecule has 1 rings (SSSR count). The third-order valence-electron chi connectivity index (χ3n) is 15.0. The van der Waals surface area contributed by atoms with E-state index in [0.29, 0.717) is 12.8 Å². The summed E-state index contributed by atoms with van der Waals surface area (Å²) in [7, 11) is 0. The molecule has 1 heterocycles. The molecule has 8 atom stereocenters. The number of allylic oxidation sites excluding steroid dienone is 15. The smallest absolute Gasteiger partial charge is 0.306 e. The number of aliphatic hydroxyl groups is 5. The lowest BCUT2D eigenvalue weighted by Crippen LogP contribution is -2.61. The Labute approximate surface area is 495 Å². The molecule has 8 unspecified atom stereocenters. The van der Waals surface area contributed by atoms with Crippen LogP contribution in [0.5, 0.6) is 0 Å². The van der Waals surface area contributed by atoms with Gasteiger partial charge in [-0.05, 0) is 109 Å². The van der Waals surface area contributed by atoms with Crippen LogP contribution < -0.4 is 5.32 Å². The molecule has 0 spiro atoms. The number of carbonyl (C=O) groups is 2. The number of rotatable bonds is 55. The van der Waals surface area contributed by atoms with Crippen molar-refractivity contribution in [1.82, 2.24) is 5.32 Å². The van der Waals surface area contributed by atoms with Gasteiger partial charge in [0.1, 0.15) is 24.4 Å². The predicted octanol–water partition coefficient (Wildman–Crippen LogP) is 16.3. The molecule has 1 saturated heterocycles. The molecule has 0 aromatic heterocycles. The minimum absolute atomic E-state index is 0.0924. The topological polar surface area (TPSA) is 175 Å². The normalized spacial score (nSPS) is 19.3. The quantitative estimate of drug-likeness (QED) is 0.0195. The molecule has 1 aliphatic heterocycles. The van der Waals surface area contributed by atoms with E-state index >= 15 is 0 Å². The lowest BCUT2D eigenvalue weighted by molar-refractivity contribution is -0.305. The third-order valence-corrected chi connectivity index (χ3v) is 15.0. The fourth-order valence-corrected chi connectivity index (χ4v) is 9.70. The molecule has 0 saturated carbocycles. The van der Waals surface area contributed by atoms with Gasteiger partial charge in [-0.1, -0.05) is 253 Å². The molecule has 466 valence electrons. The van der Waals surface area contributed by atoms with Crippen molar-refractivity contribution in [1.29, 1.82) is 0 Å². The van der Waals surface area contributed by atoms with Crippen LogP contribution in [-0.4, -0.2) is 99.6 Å². The molecule has 11 heteroatoms. The Balaban J connectivity index is 2.69. The highest BCUT2D eigenvalue weighted by atomic mass is 16.7. The number of ether oxygens (including phenoxy) is 3. The summed E-state index contributed by atoms with van der Waals surface area (Å²) >= 11 is 0. The summed E-state index contributed by atoms with van der Waals surface area (Å²) in [5.74, 6) is -1.23. The van der Waals surface area contributed by atoms with E-state index in [9.17, 15) is 35.1 Å². The van der Waals surface area contributed by atoms with Gasteiger partial charge in [0.25, 0.3) is 0 Å². The summed E-state index contributed by atoms with van der Waals surface area (Å²) in [5.41, 5.74) is 0. The van der Waals surface area contributed by atoms with Crippen molar-refractivity contribution in [2.45, 2.75) is 320 Å². The number of esters is 1. The van der Waals surface area contributed by atoms with Crippen molar-refractivity contribution < 1.29 is 49.3 Å². The van der Waals surface area contributed by atoms with Gasteiger partial charge in [0, 0.05) is 6.42 Å². The second-order valence-corrected chi connectivity index (χ2v) is 22.5. The molecule has 0 radical (unpaired) electrons. The van der Waals surface area contributed by atoms with Gasteiger partial charge in [0.05, 0.1) is 25.4 Å². The summed E-state index contributed by atoms with van der Waals surface area (Å²) < 4.78 is 17.6. The summed E-state index contributed by atoms with van der Waals surface area (Å²) in [5, 5.41) is 57.1. The molecule has 1 aliphatic rings. The Bertz CT molecular complexity index is 1690. The first-order valence-electron chi connectivity index (χ1n) is 33.0. The average molecular weight is 1140 g/mol. The van der Waals surface area contributed by atoms with Crippen molar-refractivity contribution in [3.05, 3.63) is 97.2 Å². The number of amides is 1. The second-order valence-electron chi connectivity index (χ2n) is 22.5. The van der Waals surface area contributed by atoms with Crippen LogP contribution in [0.15, 0.2) is 97.2 Å². The van der Waals surface area contributed by atoms with E-state index in [4.69, 9.17) is 14.2 Å². The predicted molar refractivity (Wildman–Crippen MR) is 338 cm³/mol. The maximum Gasteiger partial charge on any atom is 0.306 e. The van der Waals surface area contributed by atoms with Crippen molar-refractivity contribution in [3.8, 4) is 0 Å². The lowest BCUT2D eigenvalue weighted by atomic mass is 9.99. The molecule has 11 nitrogen and oxygen atoms in total. The van der Waals surface area contributed by atoms with E-state index in [1.165, 1.54) is 103 Å². The van der Waals surface area contributed by atoms with Crippen molar-refractivity contribution in [2.24, 2.45) is 0 Å². The van der Waals surface area contributed by atoms with Gasteiger partial charge in [-0.15, -0.1) is 0 Å². The number of aliphatic hydroxyl groups excluding tert-OH is 5. The molecule has 0 aliphatic carbocycles. The number of nitrogens with one attached hydrogen (secondary N) is 1. The molecular weight excluding hydrogens is 1010 g/mol. The Morgan fingerprint density at radius 2 is 0.852 bits per heavy atom. The molecule has 0 aromatic rings. The van der Waals surface area contributed by atoms with Crippen LogP contribution in [0.3, 0.4) is 0 Å². The highest BCUT2D eigenvalue weighted by Gasteiger charge is 2.47. The molecule has 6 N–H and O–H groups in total. The summed E-state index contributed by atoms with van der Waals surface area (Å²) in [4.78, 5) is 26.6. The van der Waals surface area contributed by atoms with Crippen molar-refractivity contribution in [3.63, 3.8) is 0 Å². The van der Waals surface area contributed by atoms with Crippen LogP contribution in [0.1, 0.15) is 271 Å². The van der Waals surface area contributed by atoms with Gasteiger partial charge in [-0.2, -0.15) is 0 Å². The van der Waals surface area contributed by atoms with Gasteiger partial charge in [-0.3, -0.25) is 9.59 Å². The third kappa shape index (κ3) is 44.7. The average Bonchev–Trinajstić information content (AvgIpc) is 3.49. The van der Waals surface area contributed by atoms with Crippen LogP contribution in [0.4, 0.5) is 0 Å². The molecule has 0 bridgehead atoms. The maximum absolute atomic E-state index is 13.5. The Morgan fingerprint density at radius 3 is 1.30 bits per heavy atom. The standard InChI is InChI=1S/C70H121NO10/c1-4-7-10-13-16-19-22-25-27-29-30-31-32-33-35-36-39-42-45-48-51-54-57-63(74)69(78)71-61(62(73)56-53-50-47-44-41-38-24-21-18-15-12-9-6-3)60-79-70-68(67(77)66(76)64(59-72)80-70)81-65(75)58-55-52-49-46-43-40-37-34-28-26-23-20-17-14-11-8-5-2/h16-17,19-20,25-28,30-31,33,35,37,40,53,56,61-64,66-68,70,72-74,76-77H,4-15,18,21-24,29,32,34,36,38-39,41-52,54-55,57-60H2,1-3H3,(H,71,78)/b19-16-,20-17-,27-25-,28-26-,31-30-,35-33-,40-37-,56-53+. The lowest BCUT2D eigenvalue weighted by Gasteiger charge is -2.41. The molecule has 1 fully saturated rings. The minimum atomic E-state index is -1.63. The van der Waals surface area contributed by atoms with E-state index in [0.717, 1.165) is 122 Å². The van der Waals surface area contributed by atoms with Crippen molar-refractivity contribution in [2.75, 3.05) is 13.2 Å². The fourth-order valence-electron chi connectivity index (χ4n) is 9.70. The summed E-state index contributed by atoms with van der Waals surface area (Å²) in [6.45, 7) is 5.72. The van der Waals surface area contributed by atoms with E-state index < -0.39 is 67.4 Å². The maximum atomic E-state index is 13.5. The molecular formula is C70H121NO10. The van der Waals surface area contributed by atoms with E-state index in [2.05, 4.69) is 111 Å². The van der Waals surface area contributed by atoms with E-state index in [-0.39, 0.29) is 19.4 Å². The Hall–Kier alpha value is -3.42. The zero-order valence-electron chi connectivity index (χ0n) is 51.6. The number of unbranched alkanes of at least 4 members (excludes halogenated alkanes) is 27. The second kappa shape index (κ2) is 57.0. The Morgan fingerprint density at radius 1 is 0.481 bits per heavy atom. The van der Waals surface area contributed by atoms with Gasteiger partial charge >= 0.3 is 5.97 Å².